The number of anilines is 1. The van der Waals surface area contributed by atoms with Crippen LogP contribution in [-0.4, -0.2) is 33.4 Å². The molecule has 1 aliphatic heterocycles. The summed E-state index contributed by atoms with van der Waals surface area (Å²) in [6, 6.07) is 0.00951. The van der Waals surface area contributed by atoms with Gasteiger partial charge < -0.3 is 10.6 Å². The van der Waals surface area contributed by atoms with E-state index in [0.717, 1.165) is 0 Å². The molecule has 1 aromatic heterocycles. The molecule has 1 amide bonds. The van der Waals surface area contributed by atoms with Gasteiger partial charge in [0.15, 0.2) is 0 Å². The van der Waals surface area contributed by atoms with Crippen LogP contribution >= 0.6 is 11.6 Å². The molecular formula is C11H14ClN5O3. The van der Waals surface area contributed by atoms with Crippen LogP contribution in [0.2, 0.25) is 5.15 Å². The van der Waals surface area contributed by atoms with Gasteiger partial charge in [-0.2, -0.15) is 0 Å². The third kappa shape index (κ3) is 2.64. The highest BCUT2D eigenvalue weighted by atomic mass is 35.5. The van der Waals surface area contributed by atoms with Crippen LogP contribution in [0, 0.1) is 16.0 Å². The molecule has 0 aromatic carbocycles. The van der Waals surface area contributed by atoms with Crippen LogP contribution in [0.15, 0.2) is 6.33 Å². The molecule has 2 N–H and O–H groups in total. The van der Waals surface area contributed by atoms with Crippen molar-refractivity contribution < 1.29 is 9.72 Å². The van der Waals surface area contributed by atoms with Gasteiger partial charge in [0, 0.05) is 12.6 Å². The summed E-state index contributed by atoms with van der Waals surface area (Å²) in [4.78, 5) is 31.1. The van der Waals surface area contributed by atoms with E-state index in [1.165, 1.54) is 6.33 Å². The minimum atomic E-state index is -0.613. The fraction of sp³-hybridized carbons (Fsp3) is 0.545. The maximum Gasteiger partial charge on any atom is 0.348 e. The van der Waals surface area contributed by atoms with E-state index in [2.05, 4.69) is 9.97 Å². The van der Waals surface area contributed by atoms with Gasteiger partial charge >= 0.3 is 5.69 Å². The molecule has 0 spiro atoms. The normalized spacial score (nSPS) is 22.6. The number of nitrogens with two attached hydrogens (primary N) is 1. The number of halogens is 1. The third-order valence-corrected chi connectivity index (χ3v) is 3.77. The number of primary amides is 1. The van der Waals surface area contributed by atoms with Crippen molar-refractivity contribution in [1.29, 1.82) is 0 Å². The topological polar surface area (TPSA) is 115 Å². The SMILES string of the molecule is CC1CCC(C(N)=O)CN1c1ncnc(Cl)c1[N+](=O)[O-]. The molecule has 2 rings (SSSR count). The number of hydrogen-bond acceptors (Lipinski definition) is 6. The zero-order chi connectivity index (χ0) is 14.9. The smallest absolute Gasteiger partial charge is 0.348 e. The summed E-state index contributed by atoms with van der Waals surface area (Å²) in [7, 11) is 0. The van der Waals surface area contributed by atoms with Crippen molar-refractivity contribution in [2.24, 2.45) is 11.7 Å². The van der Waals surface area contributed by atoms with Gasteiger partial charge in [0.1, 0.15) is 6.33 Å². The summed E-state index contributed by atoms with van der Waals surface area (Å²) in [6.07, 6.45) is 2.54. The Bertz CT molecular complexity index is 553. The molecule has 1 fully saturated rings. The van der Waals surface area contributed by atoms with Gasteiger partial charge in [-0.05, 0) is 19.8 Å². The van der Waals surface area contributed by atoms with Gasteiger partial charge in [-0.1, -0.05) is 11.6 Å². The zero-order valence-corrected chi connectivity index (χ0v) is 11.6. The van der Waals surface area contributed by atoms with Crippen LogP contribution in [0.5, 0.6) is 0 Å². The Balaban J connectivity index is 2.41. The lowest BCUT2D eigenvalue weighted by atomic mass is 9.93. The standard InChI is InChI=1S/C11H14ClN5O3/c1-6-2-3-7(10(13)18)4-16(6)11-8(17(19)20)9(12)14-5-15-11/h5-7H,2-4H2,1H3,(H2,13,18). The Kier molecular flexibility index (Phi) is 4.03. The van der Waals surface area contributed by atoms with E-state index in [4.69, 9.17) is 17.3 Å². The lowest BCUT2D eigenvalue weighted by Gasteiger charge is -2.37. The minimum absolute atomic E-state index is 0.00951. The Morgan fingerprint density at radius 3 is 2.85 bits per heavy atom. The molecule has 20 heavy (non-hydrogen) atoms. The second kappa shape index (κ2) is 5.58. The number of nitrogens with zero attached hydrogens (tertiary/aromatic N) is 4. The van der Waals surface area contributed by atoms with Gasteiger partial charge in [0.05, 0.1) is 10.8 Å². The van der Waals surface area contributed by atoms with Gasteiger partial charge in [0.2, 0.25) is 16.9 Å². The number of piperidine rings is 1. The molecule has 108 valence electrons. The van der Waals surface area contributed by atoms with Gasteiger partial charge in [-0.15, -0.1) is 0 Å². The number of carbonyl (C=O) groups excluding carboxylic acids is 1. The van der Waals surface area contributed by atoms with Crippen molar-refractivity contribution in [3.05, 3.63) is 21.6 Å². The van der Waals surface area contributed by atoms with Crippen LogP contribution < -0.4 is 10.6 Å². The van der Waals surface area contributed by atoms with E-state index >= 15 is 0 Å². The molecular weight excluding hydrogens is 286 g/mol. The average molecular weight is 300 g/mol. The van der Waals surface area contributed by atoms with Crippen molar-refractivity contribution >= 4 is 29.0 Å². The highest BCUT2D eigenvalue weighted by Crippen LogP contribution is 2.35. The van der Waals surface area contributed by atoms with E-state index in [1.54, 1.807) is 4.90 Å². The molecule has 0 aliphatic carbocycles. The van der Waals surface area contributed by atoms with Crippen molar-refractivity contribution in [3.8, 4) is 0 Å². The van der Waals surface area contributed by atoms with Crippen LogP contribution in [0.4, 0.5) is 11.5 Å². The summed E-state index contributed by atoms with van der Waals surface area (Å²) in [5.74, 6) is -0.627. The summed E-state index contributed by atoms with van der Waals surface area (Å²) >= 11 is 5.78. The van der Waals surface area contributed by atoms with Crippen LogP contribution in [0.25, 0.3) is 0 Å². The highest BCUT2D eigenvalue weighted by Gasteiger charge is 2.34. The van der Waals surface area contributed by atoms with Crippen LogP contribution in [0.3, 0.4) is 0 Å². The van der Waals surface area contributed by atoms with Crippen molar-refractivity contribution in [2.75, 3.05) is 11.4 Å². The van der Waals surface area contributed by atoms with E-state index in [-0.39, 0.29) is 28.6 Å². The average Bonchev–Trinajstić information content (AvgIpc) is 2.38. The van der Waals surface area contributed by atoms with Crippen molar-refractivity contribution in [1.82, 2.24) is 9.97 Å². The van der Waals surface area contributed by atoms with Gasteiger partial charge in [0.25, 0.3) is 0 Å². The highest BCUT2D eigenvalue weighted by molar-refractivity contribution is 6.31. The Labute approximate surface area is 120 Å². The first kappa shape index (κ1) is 14.4. The molecule has 0 saturated carbocycles. The molecule has 2 atom stereocenters. The quantitative estimate of drug-likeness (QED) is 0.508. The monoisotopic (exact) mass is 299 g/mol. The lowest BCUT2D eigenvalue weighted by Crippen LogP contribution is -2.46. The fourth-order valence-electron chi connectivity index (χ4n) is 2.35. The van der Waals surface area contributed by atoms with Crippen molar-refractivity contribution in [3.63, 3.8) is 0 Å². The Morgan fingerprint density at radius 2 is 2.25 bits per heavy atom. The van der Waals surface area contributed by atoms with E-state index in [1.807, 2.05) is 6.92 Å². The first-order valence-corrected chi connectivity index (χ1v) is 6.50. The maximum atomic E-state index is 11.3. The summed E-state index contributed by atoms with van der Waals surface area (Å²) < 4.78 is 0. The van der Waals surface area contributed by atoms with E-state index in [9.17, 15) is 14.9 Å². The molecule has 9 heteroatoms. The second-order valence-corrected chi connectivity index (χ2v) is 5.13. The Hall–Kier alpha value is -1.96. The molecule has 2 heterocycles. The van der Waals surface area contributed by atoms with Crippen molar-refractivity contribution in [2.45, 2.75) is 25.8 Å². The number of amides is 1. The number of hydrogen-bond donors (Lipinski definition) is 1. The third-order valence-electron chi connectivity index (χ3n) is 3.50. The second-order valence-electron chi connectivity index (χ2n) is 4.77. The molecule has 1 aliphatic rings. The molecule has 2 unspecified atom stereocenters. The lowest BCUT2D eigenvalue weighted by molar-refractivity contribution is -0.384. The molecule has 0 bridgehead atoms. The fourth-order valence-corrected chi connectivity index (χ4v) is 2.55. The molecule has 1 aromatic rings. The zero-order valence-electron chi connectivity index (χ0n) is 10.8. The number of aromatic nitrogens is 2. The van der Waals surface area contributed by atoms with E-state index < -0.39 is 10.8 Å². The predicted octanol–water partition coefficient (Wildman–Crippen LogP) is 1.13. The first-order valence-electron chi connectivity index (χ1n) is 6.12. The predicted molar refractivity (Wildman–Crippen MR) is 72.4 cm³/mol. The van der Waals surface area contributed by atoms with Gasteiger partial charge in [-0.3, -0.25) is 14.9 Å². The summed E-state index contributed by atoms with van der Waals surface area (Å²) in [5, 5.41) is 10.9. The van der Waals surface area contributed by atoms with Crippen LogP contribution in [-0.2, 0) is 4.79 Å². The number of carbonyl (C=O) groups is 1. The summed E-state index contributed by atoms with van der Waals surface area (Å²) in [6.45, 7) is 2.21. The molecule has 8 nitrogen and oxygen atoms in total. The maximum absolute atomic E-state index is 11.3. The minimum Gasteiger partial charge on any atom is -0.369 e. The molecule has 1 saturated heterocycles. The number of rotatable bonds is 3. The molecule has 0 radical (unpaired) electrons. The van der Waals surface area contributed by atoms with Gasteiger partial charge in [-0.25, -0.2) is 9.97 Å². The summed E-state index contributed by atoms with van der Waals surface area (Å²) in [5.41, 5.74) is 4.98. The Morgan fingerprint density at radius 1 is 1.55 bits per heavy atom. The largest absolute Gasteiger partial charge is 0.369 e. The van der Waals surface area contributed by atoms with E-state index in [0.29, 0.717) is 19.4 Å². The first-order chi connectivity index (χ1) is 9.41. The van der Waals surface area contributed by atoms with Crippen LogP contribution in [0.1, 0.15) is 19.8 Å². The number of nitro groups is 1.